The molecule has 2 rings (SSSR count). The summed E-state index contributed by atoms with van der Waals surface area (Å²) in [5.74, 6) is 1.71. The van der Waals surface area contributed by atoms with E-state index in [0.717, 1.165) is 41.1 Å². The number of hydrogen-bond donors (Lipinski definition) is 2. The summed E-state index contributed by atoms with van der Waals surface area (Å²) in [5, 5.41) is 23.2. The van der Waals surface area contributed by atoms with Crippen molar-refractivity contribution in [1.82, 2.24) is 10.2 Å². The average molecular weight is 450 g/mol. The number of aryl methyl sites for hydroxylation is 2. The first-order valence-corrected chi connectivity index (χ1v) is 12.5. The van der Waals surface area contributed by atoms with Gasteiger partial charge in [-0.3, -0.25) is 10.1 Å². The van der Waals surface area contributed by atoms with Gasteiger partial charge in [0.25, 0.3) is 0 Å². The minimum Gasteiger partial charge on any atom is -0.507 e. The van der Waals surface area contributed by atoms with Gasteiger partial charge in [0.15, 0.2) is 0 Å². The third-order valence-electron chi connectivity index (χ3n) is 4.79. The summed E-state index contributed by atoms with van der Waals surface area (Å²) in [6.45, 7) is 14.8. The van der Waals surface area contributed by atoms with Crippen molar-refractivity contribution in [3.63, 3.8) is 0 Å². The molecule has 1 amide bonds. The second kappa shape index (κ2) is 10.1. The molecule has 0 unspecified atom stereocenters. The fourth-order valence-corrected chi connectivity index (χ4v) is 4.57. The van der Waals surface area contributed by atoms with Crippen LogP contribution in [0.25, 0.3) is 0 Å². The molecule has 166 valence electrons. The van der Waals surface area contributed by atoms with Gasteiger partial charge < -0.3 is 5.11 Å². The van der Waals surface area contributed by atoms with Gasteiger partial charge in [0.2, 0.25) is 11.0 Å². The molecule has 0 fully saturated rings. The van der Waals surface area contributed by atoms with Crippen LogP contribution in [0, 0.1) is 0 Å². The van der Waals surface area contributed by atoms with Crippen molar-refractivity contribution in [2.75, 3.05) is 16.8 Å². The SMILES string of the molecule is CCc1nnc(NC(=O)CSCCCc2cc(C(C)(C)C)c(O)c(C(C)(C)C)c2)s1. The van der Waals surface area contributed by atoms with Crippen LogP contribution >= 0.6 is 23.1 Å². The predicted molar refractivity (Wildman–Crippen MR) is 129 cm³/mol. The lowest BCUT2D eigenvalue weighted by molar-refractivity contribution is -0.113. The highest BCUT2D eigenvalue weighted by Crippen LogP contribution is 2.40. The normalized spacial score (nSPS) is 12.2. The zero-order chi connectivity index (χ0) is 22.5. The van der Waals surface area contributed by atoms with Crippen molar-refractivity contribution in [2.45, 2.75) is 78.6 Å². The van der Waals surface area contributed by atoms with Crippen molar-refractivity contribution in [3.05, 3.63) is 33.8 Å². The number of benzene rings is 1. The first-order valence-electron chi connectivity index (χ1n) is 10.5. The Hall–Kier alpha value is -1.60. The molecule has 0 spiro atoms. The van der Waals surface area contributed by atoms with Gasteiger partial charge in [-0.25, -0.2) is 0 Å². The van der Waals surface area contributed by atoms with E-state index in [1.807, 2.05) is 6.92 Å². The first-order chi connectivity index (χ1) is 13.9. The maximum Gasteiger partial charge on any atom is 0.236 e. The van der Waals surface area contributed by atoms with Gasteiger partial charge in [0.1, 0.15) is 10.8 Å². The minimum absolute atomic E-state index is 0.0338. The molecule has 0 radical (unpaired) electrons. The number of thioether (sulfide) groups is 1. The lowest BCUT2D eigenvalue weighted by Crippen LogP contribution is -2.18. The van der Waals surface area contributed by atoms with E-state index in [-0.39, 0.29) is 16.7 Å². The largest absolute Gasteiger partial charge is 0.507 e. The Morgan fingerprint density at radius 3 is 2.20 bits per heavy atom. The Labute approximate surface area is 189 Å². The Kier molecular flexibility index (Phi) is 8.34. The second-order valence-corrected chi connectivity index (χ2v) is 11.8. The highest BCUT2D eigenvalue weighted by atomic mass is 32.2. The summed E-state index contributed by atoms with van der Waals surface area (Å²) >= 11 is 3.06. The number of amides is 1. The highest BCUT2D eigenvalue weighted by molar-refractivity contribution is 7.99. The van der Waals surface area contributed by atoms with Crippen LogP contribution in [0.5, 0.6) is 5.75 Å². The van der Waals surface area contributed by atoms with E-state index in [4.69, 9.17) is 0 Å². The van der Waals surface area contributed by atoms with Crippen LogP contribution in [0.4, 0.5) is 5.13 Å². The molecule has 2 aromatic rings. The van der Waals surface area contributed by atoms with Gasteiger partial charge in [-0.15, -0.1) is 10.2 Å². The van der Waals surface area contributed by atoms with Crippen LogP contribution in [0.3, 0.4) is 0 Å². The molecule has 0 saturated heterocycles. The molecule has 7 heteroatoms. The van der Waals surface area contributed by atoms with Gasteiger partial charge in [-0.1, -0.05) is 71.9 Å². The maximum absolute atomic E-state index is 12.1. The standard InChI is InChI=1S/C23H35N3O2S2/c1-8-19-25-26-21(30-19)24-18(27)14-29-11-9-10-15-12-16(22(2,3)4)20(28)17(13-15)23(5,6)7/h12-13,28H,8-11,14H2,1-7H3,(H,24,26,27). The van der Waals surface area contributed by atoms with Crippen LogP contribution in [0.2, 0.25) is 0 Å². The van der Waals surface area contributed by atoms with Crippen LogP contribution in [-0.2, 0) is 28.5 Å². The minimum atomic E-state index is -0.116. The summed E-state index contributed by atoms with van der Waals surface area (Å²) in [4.78, 5) is 12.1. The molecule has 0 bridgehead atoms. The van der Waals surface area contributed by atoms with Crippen molar-refractivity contribution < 1.29 is 9.90 Å². The highest BCUT2D eigenvalue weighted by Gasteiger charge is 2.26. The quantitative estimate of drug-likeness (QED) is 0.505. The van der Waals surface area contributed by atoms with Crippen molar-refractivity contribution in [1.29, 1.82) is 0 Å². The molecule has 1 aromatic carbocycles. The van der Waals surface area contributed by atoms with Crippen LogP contribution in [0.15, 0.2) is 12.1 Å². The number of anilines is 1. The number of nitrogens with zero attached hydrogens (tertiary/aromatic N) is 2. The smallest absolute Gasteiger partial charge is 0.236 e. The Bertz CT molecular complexity index is 829. The lowest BCUT2D eigenvalue weighted by atomic mass is 9.78. The Morgan fingerprint density at radius 1 is 1.10 bits per heavy atom. The van der Waals surface area contributed by atoms with E-state index in [2.05, 4.69) is 69.2 Å². The fraction of sp³-hybridized carbons (Fsp3) is 0.609. The van der Waals surface area contributed by atoms with Gasteiger partial charge in [-0.2, -0.15) is 11.8 Å². The average Bonchev–Trinajstić information content (AvgIpc) is 3.08. The number of phenolic OH excluding ortho intramolecular Hbond substituents is 1. The molecule has 0 aliphatic carbocycles. The van der Waals surface area contributed by atoms with E-state index < -0.39 is 0 Å². The van der Waals surface area contributed by atoms with E-state index in [9.17, 15) is 9.90 Å². The summed E-state index contributed by atoms with van der Waals surface area (Å²) in [7, 11) is 0. The first kappa shape index (κ1) is 24.7. The van der Waals surface area contributed by atoms with E-state index in [0.29, 0.717) is 16.6 Å². The summed E-state index contributed by atoms with van der Waals surface area (Å²) in [6.07, 6.45) is 2.74. The molecular formula is C23H35N3O2S2. The number of nitrogens with one attached hydrogen (secondary N) is 1. The molecular weight excluding hydrogens is 414 g/mol. The van der Waals surface area contributed by atoms with Crippen molar-refractivity contribution in [3.8, 4) is 5.75 Å². The summed E-state index contributed by atoms with van der Waals surface area (Å²) in [5.41, 5.74) is 3.01. The molecule has 0 aliphatic rings. The molecule has 1 aromatic heterocycles. The topological polar surface area (TPSA) is 75.1 Å². The fourth-order valence-electron chi connectivity index (χ4n) is 3.13. The Balaban J connectivity index is 1.90. The second-order valence-electron chi connectivity index (χ2n) is 9.60. The number of hydrogen-bond acceptors (Lipinski definition) is 6. The number of aromatic hydroxyl groups is 1. The van der Waals surface area contributed by atoms with Crippen molar-refractivity contribution in [2.24, 2.45) is 0 Å². The molecule has 0 aliphatic heterocycles. The maximum atomic E-state index is 12.1. The molecule has 0 saturated carbocycles. The van der Waals surface area contributed by atoms with Crippen LogP contribution < -0.4 is 5.32 Å². The third-order valence-corrected chi connectivity index (χ3v) is 6.82. The van der Waals surface area contributed by atoms with Gasteiger partial charge >= 0.3 is 0 Å². The van der Waals surface area contributed by atoms with Gasteiger partial charge in [-0.05, 0) is 52.5 Å². The number of aromatic nitrogens is 2. The summed E-state index contributed by atoms with van der Waals surface area (Å²) < 4.78 is 0. The molecule has 5 nitrogen and oxygen atoms in total. The van der Waals surface area contributed by atoms with Gasteiger partial charge in [0, 0.05) is 0 Å². The van der Waals surface area contributed by atoms with E-state index in [1.165, 1.54) is 16.9 Å². The van der Waals surface area contributed by atoms with E-state index in [1.54, 1.807) is 11.8 Å². The number of carbonyl (C=O) groups is 1. The van der Waals surface area contributed by atoms with E-state index >= 15 is 0 Å². The molecule has 2 N–H and O–H groups in total. The zero-order valence-corrected chi connectivity index (χ0v) is 20.9. The number of rotatable bonds is 8. The number of carbonyl (C=O) groups excluding carboxylic acids is 1. The molecule has 0 atom stereocenters. The monoisotopic (exact) mass is 449 g/mol. The zero-order valence-electron chi connectivity index (χ0n) is 19.3. The predicted octanol–water partition coefficient (Wildman–Crippen LogP) is 5.71. The van der Waals surface area contributed by atoms with Crippen LogP contribution in [0.1, 0.15) is 76.6 Å². The van der Waals surface area contributed by atoms with Crippen LogP contribution in [-0.4, -0.2) is 32.7 Å². The van der Waals surface area contributed by atoms with Crippen molar-refractivity contribution >= 4 is 34.1 Å². The molecule has 1 heterocycles. The molecule has 30 heavy (non-hydrogen) atoms. The third kappa shape index (κ3) is 6.98. The lowest BCUT2D eigenvalue weighted by Gasteiger charge is -2.28. The number of phenols is 1. The Morgan fingerprint density at radius 2 is 1.70 bits per heavy atom. The van der Waals surface area contributed by atoms with Gasteiger partial charge in [0.05, 0.1) is 5.75 Å². The summed E-state index contributed by atoms with van der Waals surface area (Å²) in [6, 6.07) is 4.28.